The lowest BCUT2D eigenvalue weighted by Crippen LogP contribution is -2.64. The van der Waals surface area contributed by atoms with E-state index in [4.69, 9.17) is 4.74 Å². The summed E-state index contributed by atoms with van der Waals surface area (Å²) in [7, 11) is 0. The normalized spacial score (nSPS) is 23.4. The van der Waals surface area contributed by atoms with Crippen LogP contribution < -0.4 is 0 Å². The van der Waals surface area contributed by atoms with E-state index in [1.807, 2.05) is 4.90 Å². The fourth-order valence-corrected chi connectivity index (χ4v) is 1.51. The standard InChI is InChI=1S/C9H17NO3/c1-4-13-8(11)7(2)10-5-9(3,12)6-10/h7,12H,4-6H2,1-3H3. The highest BCUT2D eigenvalue weighted by Gasteiger charge is 2.41. The zero-order chi connectivity index (χ0) is 10.1. The van der Waals surface area contributed by atoms with Crippen molar-refractivity contribution in [2.75, 3.05) is 19.7 Å². The molecule has 4 nitrogen and oxygen atoms in total. The monoisotopic (exact) mass is 187 g/mol. The van der Waals surface area contributed by atoms with E-state index in [9.17, 15) is 9.90 Å². The van der Waals surface area contributed by atoms with Gasteiger partial charge in [0.25, 0.3) is 0 Å². The fraction of sp³-hybridized carbons (Fsp3) is 0.889. The number of ether oxygens (including phenoxy) is 1. The summed E-state index contributed by atoms with van der Waals surface area (Å²) in [6.07, 6.45) is 0. The van der Waals surface area contributed by atoms with E-state index >= 15 is 0 Å². The quantitative estimate of drug-likeness (QED) is 0.632. The summed E-state index contributed by atoms with van der Waals surface area (Å²) < 4.78 is 4.87. The topological polar surface area (TPSA) is 49.8 Å². The van der Waals surface area contributed by atoms with Crippen LogP contribution in [0.1, 0.15) is 20.8 Å². The number of aliphatic hydroxyl groups is 1. The summed E-state index contributed by atoms with van der Waals surface area (Å²) in [6.45, 7) is 6.86. The lowest BCUT2D eigenvalue weighted by Gasteiger charge is -2.46. The maximum atomic E-state index is 11.2. The highest BCUT2D eigenvalue weighted by atomic mass is 16.5. The molecule has 0 aromatic rings. The molecule has 0 amide bonds. The van der Waals surface area contributed by atoms with Gasteiger partial charge >= 0.3 is 5.97 Å². The molecule has 1 rings (SSSR count). The van der Waals surface area contributed by atoms with E-state index in [1.165, 1.54) is 0 Å². The molecule has 1 atom stereocenters. The molecule has 4 heteroatoms. The van der Waals surface area contributed by atoms with Crippen LogP contribution in [0.4, 0.5) is 0 Å². The van der Waals surface area contributed by atoms with Crippen LogP contribution in [0.15, 0.2) is 0 Å². The molecule has 0 aliphatic carbocycles. The molecular formula is C9H17NO3. The first-order chi connectivity index (χ1) is 5.96. The molecule has 1 N–H and O–H groups in total. The predicted molar refractivity (Wildman–Crippen MR) is 48.3 cm³/mol. The second-order valence-corrected chi connectivity index (χ2v) is 3.83. The Bertz CT molecular complexity index is 195. The molecule has 76 valence electrons. The molecule has 0 aromatic heterocycles. The lowest BCUT2D eigenvalue weighted by molar-refractivity contribution is -0.159. The average molecular weight is 187 g/mol. The smallest absolute Gasteiger partial charge is 0.323 e. The Morgan fingerprint density at radius 1 is 1.69 bits per heavy atom. The van der Waals surface area contributed by atoms with Crippen LogP contribution in [0, 0.1) is 0 Å². The van der Waals surface area contributed by atoms with Gasteiger partial charge in [-0.15, -0.1) is 0 Å². The molecule has 0 bridgehead atoms. The molecule has 1 fully saturated rings. The number of β-amino-alcohol motifs (C(OH)–C–C–N with tert-alkyl or cyclic N) is 1. The second kappa shape index (κ2) is 3.64. The Kier molecular flexibility index (Phi) is 2.93. The van der Waals surface area contributed by atoms with Crippen molar-refractivity contribution in [2.45, 2.75) is 32.4 Å². The number of hydrogen-bond acceptors (Lipinski definition) is 4. The summed E-state index contributed by atoms with van der Waals surface area (Å²) in [5, 5.41) is 9.45. The van der Waals surface area contributed by atoms with Crippen LogP contribution in [0.5, 0.6) is 0 Å². The molecule has 13 heavy (non-hydrogen) atoms. The largest absolute Gasteiger partial charge is 0.465 e. The van der Waals surface area contributed by atoms with Gasteiger partial charge in [0.05, 0.1) is 12.2 Å². The van der Waals surface area contributed by atoms with Crippen molar-refractivity contribution in [2.24, 2.45) is 0 Å². The molecule has 0 saturated carbocycles. The Morgan fingerprint density at radius 3 is 2.62 bits per heavy atom. The van der Waals surface area contributed by atoms with Crippen LogP contribution in [-0.2, 0) is 9.53 Å². The van der Waals surface area contributed by atoms with Gasteiger partial charge in [-0.3, -0.25) is 9.69 Å². The van der Waals surface area contributed by atoms with E-state index in [1.54, 1.807) is 20.8 Å². The summed E-state index contributed by atoms with van der Waals surface area (Å²) in [5.41, 5.74) is -0.624. The van der Waals surface area contributed by atoms with E-state index in [0.29, 0.717) is 19.7 Å². The molecule has 1 saturated heterocycles. The van der Waals surface area contributed by atoms with Gasteiger partial charge in [-0.25, -0.2) is 0 Å². The van der Waals surface area contributed by atoms with Gasteiger partial charge in [-0.05, 0) is 20.8 Å². The second-order valence-electron chi connectivity index (χ2n) is 3.83. The average Bonchev–Trinajstić information content (AvgIpc) is 1.99. The first kappa shape index (κ1) is 10.5. The molecule has 1 aliphatic rings. The molecule has 1 unspecified atom stereocenters. The Labute approximate surface area is 78.5 Å². The van der Waals surface area contributed by atoms with Crippen molar-refractivity contribution < 1.29 is 14.6 Å². The maximum Gasteiger partial charge on any atom is 0.323 e. The highest BCUT2D eigenvalue weighted by Crippen LogP contribution is 2.22. The van der Waals surface area contributed by atoms with Crippen molar-refractivity contribution in [3.05, 3.63) is 0 Å². The van der Waals surface area contributed by atoms with Gasteiger partial charge in [-0.1, -0.05) is 0 Å². The fourth-order valence-electron chi connectivity index (χ4n) is 1.51. The van der Waals surface area contributed by atoms with Gasteiger partial charge in [0.15, 0.2) is 0 Å². The van der Waals surface area contributed by atoms with Gasteiger partial charge in [0.1, 0.15) is 6.04 Å². The summed E-state index contributed by atoms with van der Waals surface area (Å²) >= 11 is 0. The minimum Gasteiger partial charge on any atom is -0.465 e. The number of carbonyl (C=O) groups excluding carboxylic acids is 1. The Morgan fingerprint density at radius 2 is 2.23 bits per heavy atom. The molecule has 1 heterocycles. The van der Waals surface area contributed by atoms with Crippen molar-refractivity contribution in [1.29, 1.82) is 0 Å². The highest BCUT2D eigenvalue weighted by molar-refractivity contribution is 5.75. The van der Waals surface area contributed by atoms with Crippen molar-refractivity contribution in [1.82, 2.24) is 4.90 Å². The SMILES string of the molecule is CCOC(=O)C(C)N1CC(C)(O)C1. The maximum absolute atomic E-state index is 11.2. The third-order valence-corrected chi connectivity index (χ3v) is 2.26. The van der Waals surface area contributed by atoms with Crippen LogP contribution >= 0.6 is 0 Å². The van der Waals surface area contributed by atoms with Crippen molar-refractivity contribution >= 4 is 5.97 Å². The lowest BCUT2D eigenvalue weighted by atomic mass is 9.95. The number of likely N-dealkylation sites (tertiary alicyclic amines) is 1. The van der Waals surface area contributed by atoms with E-state index in [2.05, 4.69) is 0 Å². The van der Waals surface area contributed by atoms with Gasteiger partial charge in [0.2, 0.25) is 0 Å². The third kappa shape index (κ3) is 2.42. The minimum absolute atomic E-state index is 0.210. The molecule has 1 aliphatic heterocycles. The van der Waals surface area contributed by atoms with Gasteiger partial charge < -0.3 is 9.84 Å². The van der Waals surface area contributed by atoms with E-state index in [-0.39, 0.29) is 12.0 Å². The van der Waals surface area contributed by atoms with Crippen LogP contribution in [0.2, 0.25) is 0 Å². The molecule has 0 aromatic carbocycles. The predicted octanol–water partition coefficient (Wildman–Crippen LogP) is 0.00460. The van der Waals surface area contributed by atoms with E-state index < -0.39 is 5.60 Å². The Hall–Kier alpha value is -0.610. The number of carbonyl (C=O) groups is 1. The number of nitrogens with zero attached hydrogens (tertiary/aromatic N) is 1. The van der Waals surface area contributed by atoms with Crippen LogP contribution in [-0.4, -0.2) is 47.3 Å². The zero-order valence-corrected chi connectivity index (χ0v) is 8.41. The van der Waals surface area contributed by atoms with Gasteiger partial charge in [-0.2, -0.15) is 0 Å². The van der Waals surface area contributed by atoms with E-state index in [0.717, 1.165) is 0 Å². The Balaban J connectivity index is 2.34. The van der Waals surface area contributed by atoms with Gasteiger partial charge in [0, 0.05) is 13.1 Å². The number of rotatable bonds is 3. The molecule has 0 radical (unpaired) electrons. The van der Waals surface area contributed by atoms with Crippen LogP contribution in [0.3, 0.4) is 0 Å². The first-order valence-corrected chi connectivity index (χ1v) is 4.59. The number of esters is 1. The summed E-state index contributed by atoms with van der Waals surface area (Å²) in [6, 6.07) is -0.236. The molecule has 0 spiro atoms. The van der Waals surface area contributed by atoms with Crippen LogP contribution in [0.25, 0.3) is 0 Å². The van der Waals surface area contributed by atoms with Crippen molar-refractivity contribution in [3.8, 4) is 0 Å². The third-order valence-electron chi connectivity index (χ3n) is 2.26. The number of hydrogen-bond donors (Lipinski definition) is 1. The minimum atomic E-state index is -0.624. The summed E-state index contributed by atoms with van der Waals surface area (Å²) in [5.74, 6) is -0.210. The first-order valence-electron chi connectivity index (χ1n) is 4.59. The molecular weight excluding hydrogens is 170 g/mol. The zero-order valence-electron chi connectivity index (χ0n) is 8.41. The summed E-state index contributed by atoms with van der Waals surface area (Å²) in [4.78, 5) is 13.1. The van der Waals surface area contributed by atoms with Crippen molar-refractivity contribution in [3.63, 3.8) is 0 Å².